The molecule has 0 amide bonds. The molecule has 1 saturated heterocycles. The highest BCUT2D eigenvalue weighted by atomic mass is 35.5. The van der Waals surface area contributed by atoms with E-state index in [2.05, 4.69) is 5.32 Å². The van der Waals surface area contributed by atoms with E-state index in [0.29, 0.717) is 0 Å². The average molecular weight is 576 g/mol. The molecular weight excluding hydrogens is 558 g/mol. The van der Waals surface area contributed by atoms with Gasteiger partial charge in [0, 0.05) is 13.2 Å². The standard InChI is InChI=1S/C22H17F12NO.ClH/c1-36-18(17-3-2-4-35-17,11-5-13(19(23,24)25)9-14(6-11)20(26,27)28)12-7-15(21(29,30)31)10-16(8-12)22(32,33)34;/h5-10,17,35H,2-4H2,1H3;1H/t17-;/m1./s1. The Morgan fingerprint density at radius 1 is 0.595 bits per heavy atom. The number of ether oxygens (including phenoxy) is 1. The maximum absolute atomic E-state index is 13.5. The Morgan fingerprint density at radius 2 is 0.892 bits per heavy atom. The van der Waals surface area contributed by atoms with Crippen molar-refractivity contribution in [2.24, 2.45) is 0 Å². The number of halogens is 13. The lowest BCUT2D eigenvalue weighted by Gasteiger charge is -2.40. The van der Waals surface area contributed by atoms with Crippen LogP contribution < -0.4 is 5.32 Å². The number of nitrogens with one attached hydrogen (secondary N) is 1. The minimum Gasteiger partial charge on any atom is -0.367 e. The number of alkyl halides is 12. The molecule has 2 aromatic rings. The van der Waals surface area contributed by atoms with Gasteiger partial charge in [-0.05, 0) is 66.9 Å². The van der Waals surface area contributed by atoms with E-state index in [9.17, 15) is 52.7 Å². The molecule has 2 aromatic carbocycles. The highest BCUT2D eigenvalue weighted by molar-refractivity contribution is 5.85. The molecule has 1 heterocycles. The predicted octanol–water partition coefficient (Wildman–Crippen LogP) is 7.83. The Labute approximate surface area is 208 Å². The van der Waals surface area contributed by atoms with Crippen molar-refractivity contribution in [1.29, 1.82) is 0 Å². The lowest BCUT2D eigenvalue weighted by atomic mass is 9.77. The second kappa shape index (κ2) is 10.2. The molecular formula is C22H18ClF12NO. The van der Waals surface area contributed by atoms with Gasteiger partial charge < -0.3 is 10.1 Å². The van der Waals surface area contributed by atoms with Gasteiger partial charge in [0.15, 0.2) is 0 Å². The second-order valence-electron chi connectivity index (χ2n) is 8.18. The van der Waals surface area contributed by atoms with E-state index >= 15 is 0 Å². The second-order valence-corrected chi connectivity index (χ2v) is 8.18. The largest absolute Gasteiger partial charge is 0.416 e. The smallest absolute Gasteiger partial charge is 0.367 e. The van der Waals surface area contributed by atoms with E-state index in [-0.39, 0.29) is 68.2 Å². The minimum atomic E-state index is -5.32. The summed E-state index contributed by atoms with van der Waals surface area (Å²) < 4.78 is 168. The monoisotopic (exact) mass is 575 g/mol. The highest BCUT2D eigenvalue weighted by Crippen LogP contribution is 2.47. The van der Waals surface area contributed by atoms with Gasteiger partial charge >= 0.3 is 24.7 Å². The Kier molecular flexibility index (Phi) is 8.53. The third-order valence-electron chi connectivity index (χ3n) is 5.91. The van der Waals surface area contributed by atoms with Gasteiger partial charge in [-0.15, -0.1) is 12.4 Å². The van der Waals surface area contributed by atoms with E-state index in [1.54, 1.807) is 0 Å². The van der Waals surface area contributed by atoms with E-state index in [1.807, 2.05) is 0 Å². The quantitative estimate of drug-likeness (QED) is 0.375. The van der Waals surface area contributed by atoms with Gasteiger partial charge in [-0.1, -0.05) is 0 Å². The summed E-state index contributed by atoms with van der Waals surface area (Å²) in [6, 6.07) is -0.674. The molecule has 15 heteroatoms. The maximum atomic E-state index is 13.5. The minimum absolute atomic E-state index is 0. The summed E-state index contributed by atoms with van der Waals surface area (Å²) in [7, 11) is 0.793. The highest BCUT2D eigenvalue weighted by Gasteiger charge is 2.49. The predicted molar refractivity (Wildman–Crippen MR) is 109 cm³/mol. The lowest BCUT2D eigenvalue weighted by molar-refractivity contribution is -0.144. The van der Waals surface area contributed by atoms with Crippen molar-refractivity contribution in [3.63, 3.8) is 0 Å². The zero-order valence-electron chi connectivity index (χ0n) is 18.5. The number of benzene rings is 2. The number of hydrogen-bond donors (Lipinski definition) is 1. The summed E-state index contributed by atoms with van der Waals surface area (Å²) in [5.74, 6) is 0. The van der Waals surface area contributed by atoms with Crippen LogP contribution in [0.25, 0.3) is 0 Å². The topological polar surface area (TPSA) is 21.3 Å². The third-order valence-corrected chi connectivity index (χ3v) is 5.91. The van der Waals surface area contributed by atoms with Crippen LogP contribution in [0.3, 0.4) is 0 Å². The van der Waals surface area contributed by atoms with Crippen LogP contribution in [0.5, 0.6) is 0 Å². The first-order valence-electron chi connectivity index (χ1n) is 10.2. The van der Waals surface area contributed by atoms with Gasteiger partial charge in [0.05, 0.1) is 22.3 Å². The Balaban J connectivity index is 0.00000481. The first-order valence-corrected chi connectivity index (χ1v) is 10.2. The van der Waals surface area contributed by atoms with Gasteiger partial charge in [-0.2, -0.15) is 52.7 Å². The molecule has 37 heavy (non-hydrogen) atoms. The van der Waals surface area contributed by atoms with Crippen molar-refractivity contribution in [1.82, 2.24) is 5.32 Å². The van der Waals surface area contributed by atoms with Crippen molar-refractivity contribution < 1.29 is 57.4 Å². The average Bonchev–Trinajstić information content (AvgIpc) is 3.27. The molecule has 3 rings (SSSR count). The number of hydrogen-bond acceptors (Lipinski definition) is 2. The summed E-state index contributed by atoms with van der Waals surface area (Å²) in [5.41, 5.74) is -11.6. The van der Waals surface area contributed by atoms with Gasteiger partial charge in [-0.3, -0.25) is 0 Å². The van der Waals surface area contributed by atoms with Crippen LogP contribution in [0.4, 0.5) is 52.7 Å². The molecule has 1 aliphatic heterocycles. The lowest BCUT2D eigenvalue weighted by Crippen LogP contribution is -2.48. The number of methoxy groups -OCH3 is 1. The molecule has 1 N–H and O–H groups in total. The fraction of sp³-hybridized carbons (Fsp3) is 0.455. The molecule has 0 bridgehead atoms. The van der Waals surface area contributed by atoms with Crippen molar-refractivity contribution in [2.45, 2.75) is 49.2 Å². The van der Waals surface area contributed by atoms with Crippen LogP contribution in [0.1, 0.15) is 46.2 Å². The molecule has 0 saturated carbocycles. The van der Waals surface area contributed by atoms with Crippen LogP contribution in [-0.2, 0) is 35.0 Å². The third kappa shape index (κ3) is 6.28. The molecule has 0 radical (unpaired) electrons. The van der Waals surface area contributed by atoms with Crippen LogP contribution >= 0.6 is 12.4 Å². The normalized spacial score (nSPS) is 17.6. The van der Waals surface area contributed by atoms with Crippen LogP contribution in [-0.4, -0.2) is 19.7 Å². The van der Waals surface area contributed by atoms with Crippen LogP contribution in [0.15, 0.2) is 36.4 Å². The van der Waals surface area contributed by atoms with Crippen LogP contribution in [0.2, 0.25) is 0 Å². The molecule has 208 valence electrons. The molecule has 0 spiro atoms. The first-order chi connectivity index (χ1) is 16.3. The maximum Gasteiger partial charge on any atom is 0.416 e. The Bertz CT molecular complexity index is 959. The summed E-state index contributed by atoms with van der Waals surface area (Å²) in [5, 5.41) is 2.73. The van der Waals surface area contributed by atoms with E-state index in [4.69, 9.17) is 4.74 Å². The zero-order chi connectivity index (χ0) is 27.3. The van der Waals surface area contributed by atoms with Crippen LogP contribution in [0, 0.1) is 0 Å². The molecule has 1 fully saturated rings. The van der Waals surface area contributed by atoms with Crippen molar-refractivity contribution in [3.05, 3.63) is 69.8 Å². The molecule has 0 unspecified atom stereocenters. The van der Waals surface area contributed by atoms with Crippen molar-refractivity contribution in [3.8, 4) is 0 Å². The van der Waals surface area contributed by atoms with E-state index < -0.39 is 69.7 Å². The molecule has 0 aliphatic carbocycles. The van der Waals surface area contributed by atoms with Gasteiger partial charge in [-0.25, -0.2) is 0 Å². The summed E-state index contributed by atoms with van der Waals surface area (Å²) in [4.78, 5) is 0. The number of rotatable bonds is 4. The van der Waals surface area contributed by atoms with Gasteiger partial charge in [0.2, 0.25) is 0 Å². The van der Waals surface area contributed by atoms with E-state index in [1.165, 1.54) is 0 Å². The van der Waals surface area contributed by atoms with Gasteiger partial charge in [0.1, 0.15) is 5.60 Å². The van der Waals surface area contributed by atoms with Crippen molar-refractivity contribution in [2.75, 3.05) is 13.7 Å². The zero-order valence-corrected chi connectivity index (χ0v) is 19.3. The summed E-state index contributed by atoms with van der Waals surface area (Å²) in [6.07, 6.45) is -21.0. The van der Waals surface area contributed by atoms with Gasteiger partial charge in [0.25, 0.3) is 0 Å². The Morgan fingerprint density at radius 3 is 1.11 bits per heavy atom. The molecule has 1 aliphatic rings. The fourth-order valence-corrected chi connectivity index (χ4v) is 4.32. The Hall–Kier alpha value is -2.19. The molecule has 1 atom stereocenters. The SMILES string of the molecule is COC(c1cc(C(F)(F)F)cc(C(F)(F)F)c1)(c1cc(C(F)(F)F)cc(C(F)(F)F)c1)[C@H]1CCCN1.Cl. The van der Waals surface area contributed by atoms with E-state index in [0.717, 1.165) is 7.11 Å². The fourth-order valence-electron chi connectivity index (χ4n) is 4.32. The summed E-state index contributed by atoms with van der Waals surface area (Å²) in [6.45, 7) is 0.145. The molecule has 0 aromatic heterocycles. The van der Waals surface area contributed by atoms with Crippen molar-refractivity contribution >= 4 is 12.4 Å². The molecule has 2 nitrogen and oxygen atoms in total. The summed E-state index contributed by atoms with van der Waals surface area (Å²) >= 11 is 0. The first kappa shape index (κ1) is 31.0.